The summed E-state index contributed by atoms with van der Waals surface area (Å²) in [4.78, 5) is 12.2. The molecule has 0 saturated heterocycles. The number of hydrogen-bond donors (Lipinski definition) is 4. The third kappa shape index (κ3) is 4.70. The van der Waals surface area contributed by atoms with Crippen LogP contribution in [0.2, 0.25) is 0 Å². The second-order valence-electron chi connectivity index (χ2n) is 4.95. The van der Waals surface area contributed by atoms with Crippen LogP contribution in [0.3, 0.4) is 0 Å². The smallest absolute Gasteiger partial charge is 0.255 e. The van der Waals surface area contributed by atoms with Crippen LogP contribution in [-0.4, -0.2) is 42.5 Å². The maximum atomic E-state index is 12.2. The van der Waals surface area contributed by atoms with Crippen LogP contribution in [0.4, 0.5) is 11.4 Å². The number of carbonyl (C=O) groups excluding carboxylic acids is 1. The number of benzene rings is 2. The molecule has 0 aromatic heterocycles. The van der Waals surface area contributed by atoms with Crippen LogP contribution in [0.25, 0.3) is 0 Å². The van der Waals surface area contributed by atoms with Gasteiger partial charge in [0.25, 0.3) is 5.91 Å². The molecule has 6 heteroatoms. The molecule has 1 unspecified atom stereocenters. The second-order valence-corrected chi connectivity index (χ2v) is 4.95. The van der Waals surface area contributed by atoms with E-state index in [1.165, 1.54) is 7.11 Å². The maximum Gasteiger partial charge on any atom is 0.255 e. The van der Waals surface area contributed by atoms with Crippen molar-refractivity contribution in [2.45, 2.75) is 6.10 Å². The molecule has 0 fully saturated rings. The van der Waals surface area contributed by atoms with Crippen molar-refractivity contribution >= 4 is 17.3 Å². The minimum absolute atomic E-state index is 0.203. The van der Waals surface area contributed by atoms with Gasteiger partial charge in [-0.25, -0.2) is 0 Å². The van der Waals surface area contributed by atoms with Gasteiger partial charge in [-0.1, -0.05) is 18.2 Å². The lowest BCUT2D eigenvalue weighted by atomic mass is 10.2. The Labute approximate surface area is 134 Å². The van der Waals surface area contributed by atoms with Crippen molar-refractivity contribution < 1.29 is 19.7 Å². The summed E-state index contributed by atoms with van der Waals surface area (Å²) in [5, 5.41) is 24.0. The Morgan fingerprint density at radius 3 is 2.61 bits per heavy atom. The summed E-state index contributed by atoms with van der Waals surface area (Å²) >= 11 is 0. The average Bonchev–Trinajstić information content (AvgIpc) is 2.60. The molecular formula is C17H20N2O4. The molecule has 2 aromatic carbocycles. The minimum atomic E-state index is -0.848. The third-order valence-corrected chi connectivity index (χ3v) is 3.24. The summed E-state index contributed by atoms with van der Waals surface area (Å²) in [5.74, 6) is 0.291. The molecule has 0 aliphatic rings. The van der Waals surface area contributed by atoms with Crippen LogP contribution in [0.1, 0.15) is 10.4 Å². The van der Waals surface area contributed by atoms with E-state index in [0.29, 0.717) is 22.7 Å². The van der Waals surface area contributed by atoms with Crippen LogP contribution in [0.5, 0.6) is 5.75 Å². The van der Waals surface area contributed by atoms with Gasteiger partial charge in [0.1, 0.15) is 5.75 Å². The molecule has 0 aliphatic carbocycles. The van der Waals surface area contributed by atoms with Crippen molar-refractivity contribution in [3.05, 3.63) is 54.1 Å². The van der Waals surface area contributed by atoms with Crippen LogP contribution in [0.15, 0.2) is 48.5 Å². The first-order chi connectivity index (χ1) is 11.1. The molecule has 0 spiro atoms. The largest absolute Gasteiger partial charge is 0.495 e. The van der Waals surface area contributed by atoms with Crippen LogP contribution in [0, 0.1) is 0 Å². The zero-order valence-electron chi connectivity index (χ0n) is 12.8. The van der Waals surface area contributed by atoms with E-state index in [-0.39, 0.29) is 19.1 Å². The van der Waals surface area contributed by atoms with Crippen LogP contribution < -0.4 is 15.4 Å². The predicted molar refractivity (Wildman–Crippen MR) is 89.0 cm³/mol. The van der Waals surface area contributed by atoms with Gasteiger partial charge in [0.05, 0.1) is 25.5 Å². The van der Waals surface area contributed by atoms with E-state index in [9.17, 15) is 9.90 Å². The molecule has 0 aliphatic heterocycles. The van der Waals surface area contributed by atoms with Crippen molar-refractivity contribution in [2.75, 3.05) is 30.9 Å². The minimum Gasteiger partial charge on any atom is -0.495 e. The Morgan fingerprint density at radius 2 is 1.96 bits per heavy atom. The molecule has 0 heterocycles. The number of carbonyl (C=O) groups is 1. The number of aliphatic hydroxyl groups is 2. The zero-order chi connectivity index (χ0) is 16.7. The number of anilines is 2. The number of amides is 1. The molecule has 0 bridgehead atoms. The third-order valence-electron chi connectivity index (χ3n) is 3.24. The molecule has 1 atom stereocenters. The van der Waals surface area contributed by atoms with E-state index in [2.05, 4.69) is 10.6 Å². The van der Waals surface area contributed by atoms with Gasteiger partial charge < -0.3 is 25.6 Å². The van der Waals surface area contributed by atoms with Gasteiger partial charge in [0, 0.05) is 17.8 Å². The zero-order valence-corrected chi connectivity index (χ0v) is 12.8. The van der Waals surface area contributed by atoms with E-state index >= 15 is 0 Å². The first-order valence-corrected chi connectivity index (χ1v) is 7.21. The fourth-order valence-electron chi connectivity index (χ4n) is 2.00. The molecule has 0 saturated carbocycles. The normalized spacial score (nSPS) is 11.6. The quantitative estimate of drug-likeness (QED) is 0.624. The van der Waals surface area contributed by atoms with Gasteiger partial charge in [-0.2, -0.15) is 0 Å². The number of nitrogens with one attached hydrogen (secondary N) is 2. The van der Waals surface area contributed by atoms with Crippen LogP contribution in [-0.2, 0) is 0 Å². The first kappa shape index (κ1) is 16.8. The Morgan fingerprint density at radius 1 is 1.22 bits per heavy atom. The van der Waals surface area contributed by atoms with Gasteiger partial charge >= 0.3 is 0 Å². The van der Waals surface area contributed by atoms with Crippen molar-refractivity contribution in [1.82, 2.24) is 0 Å². The number of hydrogen-bond acceptors (Lipinski definition) is 5. The maximum absolute atomic E-state index is 12.2. The van der Waals surface area contributed by atoms with Crippen molar-refractivity contribution in [1.29, 1.82) is 0 Å². The highest BCUT2D eigenvalue weighted by molar-refractivity contribution is 6.05. The van der Waals surface area contributed by atoms with Gasteiger partial charge in [-0.3, -0.25) is 4.79 Å². The van der Waals surface area contributed by atoms with Crippen molar-refractivity contribution in [3.63, 3.8) is 0 Å². The molecule has 23 heavy (non-hydrogen) atoms. The van der Waals surface area contributed by atoms with Crippen molar-refractivity contribution in [2.24, 2.45) is 0 Å². The summed E-state index contributed by atoms with van der Waals surface area (Å²) < 4.78 is 5.25. The highest BCUT2D eigenvalue weighted by Crippen LogP contribution is 2.28. The molecule has 2 aromatic rings. The van der Waals surface area contributed by atoms with E-state index in [0.717, 1.165) is 0 Å². The molecule has 2 rings (SSSR count). The Bertz CT molecular complexity index is 646. The molecular weight excluding hydrogens is 296 g/mol. The number of ether oxygens (including phenoxy) is 1. The molecule has 4 N–H and O–H groups in total. The standard InChI is InChI=1S/C17H20N2O4/c1-23-16-8-7-13(18-10-14(21)11-20)9-15(16)19-17(22)12-5-3-2-4-6-12/h2-9,14,18,20-21H,10-11H2,1H3,(H,19,22). The first-order valence-electron chi connectivity index (χ1n) is 7.21. The van der Waals surface area contributed by atoms with Gasteiger partial charge in [0.15, 0.2) is 0 Å². The average molecular weight is 316 g/mol. The Kier molecular flexibility index (Phi) is 5.96. The lowest BCUT2D eigenvalue weighted by Gasteiger charge is -2.14. The summed E-state index contributed by atoms with van der Waals surface area (Å²) in [7, 11) is 1.52. The summed E-state index contributed by atoms with van der Waals surface area (Å²) in [6, 6.07) is 14.1. The summed E-state index contributed by atoms with van der Waals surface area (Å²) in [6.07, 6.45) is -0.848. The highest BCUT2D eigenvalue weighted by Gasteiger charge is 2.11. The fraction of sp³-hybridized carbons (Fsp3) is 0.235. The van der Waals surface area contributed by atoms with E-state index in [4.69, 9.17) is 9.84 Å². The van der Waals surface area contributed by atoms with Crippen LogP contribution >= 0.6 is 0 Å². The summed E-state index contributed by atoms with van der Waals surface area (Å²) in [6.45, 7) is -0.115. The van der Waals surface area contributed by atoms with E-state index < -0.39 is 6.10 Å². The number of aliphatic hydroxyl groups excluding tert-OH is 2. The monoisotopic (exact) mass is 316 g/mol. The van der Waals surface area contributed by atoms with E-state index in [1.54, 1.807) is 42.5 Å². The lowest BCUT2D eigenvalue weighted by molar-refractivity contribution is 0.102. The molecule has 6 nitrogen and oxygen atoms in total. The number of rotatable bonds is 7. The predicted octanol–water partition coefficient (Wildman–Crippen LogP) is 1.71. The van der Waals surface area contributed by atoms with E-state index in [1.807, 2.05) is 6.07 Å². The number of methoxy groups -OCH3 is 1. The van der Waals surface area contributed by atoms with Gasteiger partial charge in [0.2, 0.25) is 0 Å². The molecule has 122 valence electrons. The second kappa shape index (κ2) is 8.17. The van der Waals surface area contributed by atoms with Gasteiger partial charge in [-0.15, -0.1) is 0 Å². The SMILES string of the molecule is COc1ccc(NCC(O)CO)cc1NC(=O)c1ccccc1. The Balaban J connectivity index is 2.14. The summed E-state index contributed by atoms with van der Waals surface area (Å²) in [5.41, 5.74) is 1.76. The highest BCUT2D eigenvalue weighted by atomic mass is 16.5. The Hall–Kier alpha value is -2.57. The topological polar surface area (TPSA) is 90.8 Å². The van der Waals surface area contributed by atoms with Crippen molar-refractivity contribution in [3.8, 4) is 5.75 Å². The fourth-order valence-corrected chi connectivity index (χ4v) is 2.00. The molecule has 0 radical (unpaired) electrons. The van der Waals surface area contributed by atoms with Gasteiger partial charge in [-0.05, 0) is 30.3 Å². The lowest BCUT2D eigenvalue weighted by Crippen LogP contribution is -2.23. The molecule has 1 amide bonds.